The normalized spacial score (nSPS) is 12.0. The highest BCUT2D eigenvalue weighted by Crippen LogP contribution is 2.51. The first kappa shape index (κ1) is 8.75. The van der Waals surface area contributed by atoms with Gasteiger partial charge in [0, 0.05) is 5.56 Å². The molecule has 0 radical (unpaired) electrons. The van der Waals surface area contributed by atoms with Crippen LogP contribution in [-0.4, -0.2) is 0 Å². The van der Waals surface area contributed by atoms with E-state index in [9.17, 15) is 4.57 Å². The maximum atomic E-state index is 10.6. The lowest BCUT2D eigenvalue weighted by Crippen LogP contribution is -1.99. The van der Waals surface area contributed by atoms with Gasteiger partial charge < -0.3 is 4.52 Å². The van der Waals surface area contributed by atoms with Gasteiger partial charge in [0.1, 0.15) is 5.75 Å². The van der Waals surface area contributed by atoms with Gasteiger partial charge in [-0.3, -0.25) is 4.57 Å². The van der Waals surface area contributed by atoms with Crippen molar-refractivity contribution in [1.82, 2.24) is 0 Å². The molecule has 0 fully saturated rings. The second kappa shape index (κ2) is 3.25. The molecule has 3 rings (SSSR count). The second-order valence-corrected chi connectivity index (χ2v) is 3.87. The molecule has 15 heavy (non-hydrogen) atoms. The average molecular weight is 216 g/mol. The molecule has 2 aromatic carbocycles. The number of hydrogen-bond acceptors (Lipinski definition) is 2. The third kappa shape index (κ3) is 1.15. The number of hydrogen-bond donors (Lipinski definition) is 0. The predicted molar refractivity (Wildman–Crippen MR) is 61.9 cm³/mol. The quantitative estimate of drug-likeness (QED) is 0.614. The molecule has 0 aliphatic heterocycles. The molecule has 1 unspecified atom stereocenters. The predicted octanol–water partition coefficient (Wildman–Crippen LogP) is 3.38. The standard InChI is InChI=1S/C12H9O2P/c13-15-14-11-7-3-6-10-8-4-1-2-5-9(8)12(10)11/h1-7H,15H2. The van der Waals surface area contributed by atoms with Crippen molar-refractivity contribution in [2.45, 2.75) is 0 Å². The lowest BCUT2D eigenvalue weighted by atomic mass is 9.80. The van der Waals surface area contributed by atoms with Crippen LogP contribution in [0.1, 0.15) is 0 Å². The molecule has 74 valence electrons. The van der Waals surface area contributed by atoms with Gasteiger partial charge in [0.2, 0.25) is 8.69 Å². The Labute approximate surface area is 88.8 Å². The van der Waals surface area contributed by atoms with Crippen LogP contribution in [0.2, 0.25) is 0 Å². The summed E-state index contributed by atoms with van der Waals surface area (Å²) in [5.41, 5.74) is 4.72. The Morgan fingerprint density at radius 2 is 1.60 bits per heavy atom. The summed E-state index contributed by atoms with van der Waals surface area (Å²) in [5, 5.41) is 0. The maximum Gasteiger partial charge on any atom is 0.225 e. The molecule has 3 heteroatoms. The minimum absolute atomic E-state index is 0.733. The van der Waals surface area contributed by atoms with Crippen LogP contribution in [0.4, 0.5) is 0 Å². The molecule has 0 saturated carbocycles. The van der Waals surface area contributed by atoms with Crippen LogP contribution in [-0.2, 0) is 4.57 Å². The summed E-state index contributed by atoms with van der Waals surface area (Å²) >= 11 is 0. The zero-order chi connectivity index (χ0) is 10.3. The lowest BCUT2D eigenvalue weighted by molar-refractivity contribution is 0.526. The fourth-order valence-corrected chi connectivity index (χ4v) is 2.36. The highest BCUT2D eigenvalue weighted by Gasteiger charge is 2.24. The van der Waals surface area contributed by atoms with Gasteiger partial charge in [0.15, 0.2) is 0 Å². The van der Waals surface area contributed by atoms with Crippen molar-refractivity contribution in [1.29, 1.82) is 0 Å². The first-order valence-electron chi connectivity index (χ1n) is 4.75. The van der Waals surface area contributed by atoms with E-state index in [-0.39, 0.29) is 0 Å². The number of benzene rings is 2. The summed E-state index contributed by atoms with van der Waals surface area (Å²) in [4.78, 5) is 0. The second-order valence-electron chi connectivity index (χ2n) is 3.44. The van der Waals surface area contributed by atoms with E-state index >= 15 is 0 Å². The zero-order valence-electron chi connectivity index (χ0n) is 7.94. The average Bonchev–Trinajstić information content (AvgIpc) is 2.26. The first-order valence-corrected chi connectivity index (χ1v) is 5.69. The molecular weight excluding hydrogens is 207 g/mol. The Balaban J connectivity index is 2.20. The molecule has 0 aromatic heterocycles. The Morgan fingerprint density at radius 1 is 0.867 bits per heavy atom. The van der Waals surface area contributed by atoms with E-state index in [1.807, 2.05) is 24.3 Å². The molecule has 1 aliphatic carbocycles. The number of rotatable bonds is 2. The summed E-state index contributed by atoms with van der Waals surface area (Å²) < 4.78 is 15.7. The molecule has 1 atom stereocenters. The smallest absolute Gasteiger partial charge is 0.225 e. The van der Waals surface area contributed by atoms with E-state index in [2.05, 4.69) is 18.2 Å². The van der Waals surface area contributed by atoms with Crippen molar-refractivity contribution in [2.24, 2.45) is 0 Å². The third-order valence-electron chi connectivity index (χ3n) is 2.69. The monoisotopic (exact) mass is 216 g/mol. The molecule has 2 nitrogen and oxygen atoms in total. The van der Waals surface area contributed by atoms with Gasteiger partial charge in [-0.15, -0.1) is 0 Å². The van der Waals surface area contributed by atoms with Crippen LogP contribution in [0.5, 0.6) is 5.75 Å². The largest absolute Gasteiger partial charge is 0.446 e. The minimum Gasteiger partial charge on any atom is -0.446 e. The first-order chi connectivity index (χ1) is 7.42. The Bertz CT molecular complexity index is 549. The minimum atomic E-state index is -1.19. The molecule has 0 bridgehead atoms. The maximum absolute atomic E-state index is 10.6. The molecule has 0 saturated heterocycles. The molecule has 0 heterocycles. The molecule has 2 aromatic rings. The molecule has 0 spiro atoms. The van der Waals surface area contributed by atoms with Crippen LogP contribution in [0, 0.1) is 0 Å². The fraction of sp³-hybridized carbons (Fsp3) is 0. The van der Waals surface area contributed by atoms with Gasteiger partial charge in [-0.2, -0.15) is 0 Å². The summed E-state index contributed by atoms with van der Waals surface area (Å²) in [7, 11) is -1.19. The summed E-state index contributed by atoms with van der Waals surface area (Å²) in [5.74, 6) is 0.733. The fourth-order valence-electron chi connectivity index (χ4n) is 2.06. The molecule has 0 N–H and O–H groups in total. The van der Waals surface area contributed by atoms with Gasteiger partial charge in [0.05, 0.1) is 0 Å². The van der Waals surface area contributed by atoms with Crippen molar-refractivity contribution in [3.8, 4) is 28.0 Å². The summed E-state index contributed by atoms with van der Waals surface area (Å²) in [6, 6.07) is 14.0. The van der Waals surface area contributed by atoms with E-state index in [1.165, 1.54) is 16.7 Å². The van der Waals surface area contributed by atoms with Gasteiger partial charge in [0.25, 0.3) is 0 Å². The van der Waals surface area contributed by atoms with Crippen LogP contribution in [0.3, 0.4) is 0 Å². The van der Waals surface area contributed by atoms with Crippen molar-refractivity contribution in [3.63, 3.8) is 0 Å². The van der Waals surface area contributed by atoms with Gasteiger partial charge in [-0.25, -0.2) is 0 Å². The zero-order valence-corrected chi connectivity index (χ0v) is 9.09. The van der Waals surface area contributed by atoms with Crippen molar-refractivity contribution >= 4 is 8.69 Å². The highest BCUT2D eigenvalue weighted by molar-refractivity contribution is 7.17. The van der Waals surface area contributed by atoms with Gasteiger partial charge in [-0.05, 0) is 22.8 Å². The van der Waals surface area contributed by atoms with Crippen LogP contribution in [0.25, 0.3) is 22.3 Å². The van der Waals surface area contributed by atoms with Gasteiger partial charge >= 0.3 is 0 Å². The Kier molecular flexibility index (Phi) is 1.90. The Morgan fingerprint density at radius 3 is 2.40 bits per heavy atom. The van der Waals surface area contributed by atoms with E-state index < -0.39 is 8.69 Å². The van der Waals surface area contributed by atoms with Crippen LogP contribution >= 0.6 is 8.69 Å². The molecule has 1 aliphatic rings. The number of fused-ring (bicyclic) bond motifs is 4. The summed E-state index contributed by atoms with van der Waals surface area (Å²) in [6.45, 7) is 0. The third-order valence-corrected chi connectivity index (χ3v) is 3.04. The van der Waals surface area contributed by atoms with E-state index in [1.54, 1.807) is 0 Å². The summed E-state index contributed by atoms with van der Waals surface area (Å²) in [6.07, 6.45) is 0. The topological polar surface area (TPSA) is 26.3 Å². The van der Waals surface area contributed by atoms with Crippen LogP contribution in [0.15, 0.2) is 42.5 Å². The molecular formula is C12H9O2P. The SMILES string of the molecule is O=[PH2]Oc1cccc2c1-c1ccccc1-2. The van der Waals surface area contributed by atoms with E-state index in [0.29, 0.717) is 0 Å². The highest BCUT2D eigenvalue weighted by atomic mass is 31.1. The van der Waals surface area contributed by atoms with Crippen molar-refractivity contribution in [3.05, 3.63) is 42.5 Å². The Hall–Kier alpha value is -1.53. The van der Waals surface area contributed by atoms with Gasteiger partial charge in [-0.1, -0.05) is 36.4 Å². The van der Waals surface area contributed by atoms with E-state index in [4.69, 9.17) is 4.52 Å². The van der Waals surface area contributed by atoms with E-state index in [0.717, 1.165) is 11.3 Å². The van der Waals surface area contributed by atoms with Crippen LogP contribution < -0.4 is 4.52 Å². The van der Waals surface area contributed by atoms with Crippen molar-refractivity contribution < 1.29 is 9.09 Å². The van der Waals surface area contributed by atoms with Crippen molar-refractivity contribution in [2.75, 3.05) is 0 Å². The lowest BCUT2D eigenvalue weighted by Gasteiger charge is -2.25. The molecule has 0 amide bonds.